The van der Waals surface area contributed by atoms with Crippen LogP contribution in [-0.2, 0) is 14.8 Å². The van der Waals surface area contributed by atoms with Crippen LogP contribution in [0, 0.1) is 5.92 Å². The molecule has 1 N–H and O–H groups in total. The van der Waals surface area contributed by atoms with Crippen molar-refractivity contribution in [3.63, 3.8) is 0 Å². The minimum absolute atomic E-state index is 0.102. The van der Waals surface area contributed by atoms with Crippen molar-refractivity contribution in [2.75, 3.05) is 17.6 Å². The van der Waals surface area contributed by atoms with E-state index in [9.17, 15) is 13.2 Å². The molecule has 0 saturated heterocycles. The standard InChI is InChI=1S/C22H27N3O4S/c1-5-29-21-13-9-7-11-17(21)20-14-19(23-25(20)22(26)15(2)3)16-10-6-8-12-18(16)24-30(4,27)28/h6-13,15,20,24H,5,14H2,1-4H3/t20-/m0/s1. The van der Waals surface area contributed by atoms with Gasteiger partial charge in [0.2, 0.25) is 15.9 Å². The molecule has 7 nitrogen and oxygen atoms in total. The number of rotatable bonds is 7. The van der Waals surface area contributed by atoms with Crippen molar-refractivity contribution in [3.8, 4) is 5.75 Å². The molecular weight excluding hydrogens is 402 g/mol. The van der Waals surface area contributed by atoms with Gasteiger partial charge in [-0.25, -0.2) is 13.4 Å². The van der Waals surface area contributed by atoms with Crippen LogP contribution in [0.3, 0.4) is 0 Å². The van der Waals surface area contributed by atoms with E-state index in [4.69, 9.17) is 4.74 Å². The van der Waals surface area contributed by atoms with E-state index in [1.54, 1.807) is 18.2 Å². The molecule has 1 amide bonds. The Morgan fingerprint density at radius 1 is 1.20 bits per heavy atom. The molecular formula is C22H27N3O4S. The maximum atomic E-state index is 13.0. The van der Waals surface area contributed by atoms with Crippen LogP contribution in [0.5, 0.6) is 5.75 Å². The summed E-state index contributed by atoms with van der Waals surface area (Å²) in [5.74, 6) is 0.375. The number of hydrogen-bond donors (Lipinski definition) is 1. The van der Waals surface area contributed by atoms with Gasteiger partial charge in [0.1, 0.15) is 5.75 Å². The van der Waals surface area contributed by atoms with E-state index in [0.29, 0.717) is 35.7 Å². The topological polar surface area (TPSA) is 88.1 Å². The lowest BCUT2D eigenvalue weighted by atomic mass is 9.96. The van der Waals surface area contributed by atoms with Gasteiger partial charge < -0.3 is 4.74 Å². The largest absolute Gasteiger partial charge is 0.494 e. The minimum atomic E-state index is -3.46. The van der Waals surface area contributed by atoms with Crippen molar-refractivity contribution in [1.29, 1.82) is 0 Å². The Morgan fingerprint density at radius 3 is 2.53 bits per heavy atom. The normalized spacial score (nSPS) is 16.5. The predicted octanol–water partition coefficient (Wildman–Crippen LogP) is 3.79. The Morgan fingerprint density at radius 2 is 1.87 bits per heavy atom. The third-order valence-corrected chi connectivity index (χ3v) is 5.33. The van der Waals surface area contributed by atoms with Crippen molar-refractivity contribution in [2.24, 2.45) is 11.0 Å². The van der Waals surface area contributed by atoms with E-state index in [0.717, 1.165) is 11.8 Å². The van der Waals surface area contributed by atoms with Crippen LogP contribution >= 0.6 is 0 Å². The molecule has 1 aliphatic rings. The monoisotopic (exact) mass is 429 g/mol. The van der Waals surface area contributed by atoms with E-state index in [1.165, 1.54) is 5.01 Å². The van der Waals surface area contributed by atoms with E-state index in [-0.39, 0.29) is 17.9 Å². The molecule has 0 aromatic heterocycles. The first kappa shape index (κ1) is 21.8. The lowest BCUT2D eigenvalue weighted by Gasteiger charge is -2.25. The molecule has 0 spiro atoms. The van der Waals surface area contributed by atoms with Crippen LogP contribution in [0.15, 0.2) is 53.6 Å². The van der Waals surface area contributed by atoms with Gasteiger partial charge in [-0.1, -0.05) is 50.2 Å². The zero-order valence-corrected chi connectivity index (χ0v) is 18.4. The summed E-state index contributed by atoms with van der Waals surface area (Å²) < 4.78 is 31.9. The van der Waals surface area contributed by atoms with Gasteiger partial charge >= 0.3 is 0 Å². The van der Waals surface area contributed by atoms with Crippen molar-refractivity contribution in [3.05, 3.63) is 59.7 Å². The van der Waals surface area contributed by atoms with Crippen molar-refractivity contribution < 1.29 is 17.9 Å². The summed E-state index contributed by atoms with van der Waals surface area (Å²) in [6.45, 7) is 6.09. The molecule has 1 aliphatic heterocycles. The van der Waals surface area contributed by atoms with Crippen LogP contribution in [0.1, 0.15) is 44.4 Å². The Kier molecular flexibility index (Phi) is 6.45. The molecule has 30 heavy (non-hydrogen) atoms. The summed E-state index contributed by atoms with van der Waals surface area (Å²) in [5.41, 5.74) is 2.61. The maximum Gasteiger partial charge on any atom is 0.245 e. The van der Waals surface area contributed by atoms with E-state index >= 15 is 0 Å². The number of hydrazone groups is 1. The number of para-hydroxylation sites is 2. The van der Waals surface area contributed by atoms with Crippen molar-refractivity contribution >= 4 is 27.3 Å². The number of carbonyl (C=O) groups excluding carboxylic acids is 1. The summed E-state index contributed by atoms with van der Waals surface area (Å²) >= 11 is 0. The number of benzene rings is 2. The van der Waals surface area contributed by atoms with Crippen LogP contribution < -0.4 is 9.46 Å². The predicted molar refractivity (Wildman–Crippen MR) is 118 cm³/mol. The highest BCUT2D eigenvalue weighted by Gasteiger charge is 2.36. The summed E-state index contributed by atoms with van der Waals surface area (Å²) in [4.78, 5) is 13.0. The highest BCUT2D eigenvalue weighted by molar-refractivity contribution is 7.92. The van der Waals surface area contributed by atoms with Crippen LogP contribution in [-0.4, -0.2) is 37.9 Å². The summed E-state index contributed by atoms with van der Waals surface area (Å²) in [6.07, 6.45) is 1.56. The molecule has 1 heterocycles. The molecule has 0 saturated carbocycles. The fraction of sp³-hybridized carbons (Fsp3) is 0.364. The van der Waals surface area contributed by atoms with Crippen molar-refractivity contribution in [1.82, 2.24) is 5.01 Å². The van der Waals surface area contributed by atoms with Crippen molar-refractivity contribution in [2.45, 2.75) is 33.2 Å². The number of nitrogens with one attached hydrogen (secondary N) is 1. The molecule has 0 aliphatic carbocycles. The molecule has 3 rings (SSSR count). The van der Waals surface area contributed by atoms with Gasteiger partial charge in [0.15, 0.2) is 0 Å². The average Bonchev–Trinajstić information content (AvgIpc) is 3.12. The second kappa shape index (κ2) is 8.87. The average molecular weight is 430 g/mol. The SMILES string of the molecule is CCOc1ccccc1[C@@H]1CC(c2ccccc2NS(C)(=O)=O)=NN1C(=O)C(C)C. The Balaban J connectivity index is 2.06. The van der Waals surface area contributed by atoms with E-state index in [2.05, 4.69) is 9.82 Å². The van der Waals surface area contributed by atoms with E-state index < -0.39 is 10.0 Å². The molecule has 1 atom stereocenters. The zero-order valence-electron chi connectivity index (χ0n) is 17.6. The second-order valence-electron chi connectivity index (χ2n) is 7.49. The van der Waals surface area contributed by atoms with Crippen LogP contribution in [0.4, 0.5) is 5.69 Å². The fourth-order valence-corrected chi connectivity index (χ4v) is 4.03. The fourth-order valence-electron chi connectivity index (χ4n) is 3.45. The summed E-state index contributed by atoms with van der Waals surface area (Å²) in [7, 11) is -3.46. The molecule has 160 valence electrons. The van der Waals surface area contributed by atoms with Gasteiger partial charge in [0.25, 0.3) is 0 Å². The zero-order chi connectivity index (χ0) is 21.9. The van der Waals surface area contributed by atoms with Gasteiger partial charge in [0.05, 0.1) is 30.3 Å². The number of sulfonamides is 1. The molecule has 0 radical (unpaired) electrons. The minimum Gasteiger partial charge on any atom is -0.494 e. The van der Waals surface area contributed by atoms with E-state index in [1.807, 2.05) is 51.1 Å². The first-order chi connectivity index (χ1) is 14.2. The van der Waals surface area contributed by atoms with Gasteiger partial charge in [-0.15, -0.1) is 0 Å². The van der Waals surface area contributed by atoms with Gasteiger partial charge in [-0.05, 0) is 19.1 Å². The van der Waals surface area contributed by atoms with Gasteiger partial charge in [-0.2, -0.15) is 5.10 Å². The molecule has 0 bridgehead atoms. The highest BCUT2D eigenvalue weighted by Crippen LogP contribution is 2.39. The van der Waals surface area contributed by atoms with Crippen LogP contribution in [0.2, 0.25) is 0 Å². The molecule has 2 aromatic rings. The Hall–Kier alpha value is -2.87. The smallest absolute Gasteiger partial charge is 0.245 e. The van der Waals surface area contributed by atoms with Gasteiger partial charge in [0, 0.05) is 23.5 Å². The summed E-state index contributed by atoms with van der Waals surface area (Å²) in [6, 6.07) is 14.4. The number of ether oxygens (including phenoxy) is 1. The Bertz CT molecular complexity index is 1060. The van der Waals surface area contributed by atoms with Gasteiger partial charge in [-0.3, -0.25) is 9.52 Å². The van der Waals surface area contributed by atoms with Crippen LogP contribution in [0.25, 0.3) is 0 Å². The number of carbonyl (C=O) groups is 1. The number of hydrogen-bond acceptors (Lipinski definition) is 5. The molecule has 2 aromatic carbocycles. The third-order valence-electron chi connectivity index (χ3n) is 4.74. The molecule has 0 unspecified atom stereocenters. The molecule has 0 fully saturated rings. The lowest BCUT2D eigenvalue weighted by Crippen LogP contribution is -2.30. The highest BCUT2D eigenvalue weighted by atomic mass is 32.2. The Labute approximate surface area is 177 Å². The lowest BCUT2D eigenvalue weighted by molar-refractivity contribution is -0.136. The maximum absolute atomic E-state index is 13.0. The number of anilines is 1. The third kappa shape index (κ3) is 4.81. The first-order valence-corrected chi connectivity index (χ1v) is 11.8. The first-order valence-electron chi connectivity index (χ1n) is 9.90. The molecule has 8 heteroatoms. The second-order valence-corrected chi connectivity index (χ2v) is 9.24. The quantitative estimate of drug-likeness (QED) is 0.725. The number of amides is 1. The number of nitrogens with zero attached hydrogens (tertiary/aromatic N) is 2. The summed E-state index contributed by atoms with van der Waals surface area (Å²) in [5, 5.41) is 6.15.